The van der Waals surface area contributed by atoms with Crippen LogP contribution in [0.25, 0.3) is 111 Å². The molecule has 0 unspecified atom stereocenters. The second-order valence-electron chi connectivity index (χ2n) is 16.2. The molecule has 0 saturated carbocycles. The molecule has 0 fully saturated rings. The lowest BCUT2D eigenvalue weighted by Crippen LogP contribution is -1.93. The van der Waals surface area contributed by atoms with Gasteiger partial charge >= 0.3 is 0 Å². The number of benzene rings is 10. The Labute approximate surface area is 360 Å². The van der Waals surface area contributed by atoms with Crippen LogP contribution in [0.5, 0.6) is 0 Å². The van der Waals surface area contributed by atoms with Gasteiger partial charge in [-0.3, -0.25) is 0 Å². The lowest BCUT2D eigenvalue weighted by atomic mass is 9.89. The number of nitrogens with zero attached hydrogens (tertiary/aromatic N) is 2. The molecule has 2 nitrogen and oxygen atoms in total. The van der Waals surface area contributed by atoms with Crippen LogP contribution in [-0.4, -0.2) is 9.13 Å². The van der Waals surface area contributed by atoms with Gasteiger partial charge in [0.15, 0.2) is 0 Å². The van der Waals surface area contributed by atoms with Gasteiger partial charge in [0.2, 0.25) is 0 Å². The van der Waals surface area contributed by atoms with Crippen LogP contribution < -0.4 is 0 Å². The summed E-state index contributed by atoms with van der Waals surface area (Å²) in [6, 6.07) is 88.6. The van der Waals surface area contributed by atoms with Gasteiger partial charge in [0, 0.05) is 32.9 Å². The first-order chi connectivity index (χ1) is 30.7. The van der Waals surface area contributed by atoms with Crippen molar-refractivity contribution in [1.82, 2.24) is 9.13 Å². The lowest BCUT2D eigenvalue weighted by Gasteiger charge is -2.15. The maximum Gasteiger partial charge on any atom is 0.0541 e. The van der Waals surface area contributed by atoms with Crippen LogP contribution in [0.1, 0.15) is 0 Å². The fraction of sp³-hybridized carbons (Fsp3) is 0. The standard InChI is InChI=1S/C60H40N2/c1-5-17-41(18-6-1)45-33-47(43-29-31-59-55(39-43)53-25-13-15-27-57(53)61(59)51-21-9-3-10-22-51)37-49(35-45)50-36-46(42-19-7-2-8-20-42)34-48(38-50)44-30-32-60-56(40-44)54-26-14-16-28-58(54)62(60)52-23-11-4-12-24-52/h1-40H. The Bertz CT molecular complexity index is 3360. The summed E-state index contributed by atoms with van der Waals surface area (Å²) in [5, 5.41) is 4.98. The summed E-state index contributed by atoms with van der Waals surface area (Å²) in [5.41, 5.74) is 19.0. The molecule has 0 N–H and O–H groups in total. The molecule has 0 saturated heterocycles. The molecule has 290 valence electrons. The Morgan fingerprint density at radius 1 is 0.177 bits per heavy atom. The first-order valence-corrected chi connectivity index (χ1v) is 21.3. The summed E-state index contributed by atoms with van der Waals surface area (Å²) in [6.45, 7) is 0. The van der Waals surface area contributed by atoms with E-state index in [1.807, 2.05) is 0 Å². The number of rotatable bonds is 7. The normalized spacial score (nSPS) is 11.5. The Morgan fingerprint density at radius 2 is 0.468 bits per heavy atom. The summed E-state index contributed by atoms with van der Waals surface area (Å²) in [7, 11) is 0. The van der Waals surface area contributed by atoms with Crippen LogP contribution in [0.2, 0.25) is 0 Å². The molecule has 0 aliphatic rings. The Morgan fingerprint density at radius 3 is 0.855 bits per heavy atom. The smallest absolute Gasteiger partial charge is 0.0541 e. The van der Waals surface area contributed by atoms with E-state index in [1.54, 1.807) is 0 Å². The van der Waals surface area contributed by atoms with Crippen LogP contribution in [0.4, 0.5) is 0 Å². The fourth-order valence-corrected chi connectivity index (χ4v) is 9.53. The molecular weight excluding hydrogens is 749 g/mol. The van der Waals surface area contributed by atoms with Crippen LogP contribution in [0.15, 0.2) is 243 Å². The molecule has 10 aromatic carbocycles. The second-order valence-corrected chi connectivity index (χ2v) is 16.2. The van der Waals surface area contributed by atoms with Crippen LogP contribution in [-0.2, 0) is 0 Å². The largest absolute Gasteiger partial charge is 0.309 e. The molecule has 0 atom stereocenters. The average Bonchev–Trinajstić information content (AvgIpc) is 3.87. The highest BCUT2D eigenvalue weighted by atomic mass is 15.0. The molecule has 12 rings (SSSR count). The Balaban J connectivity index is 1.06. The van der Waals surface area contributed by atoms with E-state index >= 15 is 0 Å². The van der Waals surface area contributed by atoms with Crippen LogP contribution >= 0.6 is 0 Å². The predicted octanol–water partition coefficient (Wildman–Crippen LogP) is 16.2. The van der Waals surface area contributed by atoms with Gasteiger partial charge in [-0.05, 0) is 153 Å². The van der Waals surface area contributed by atoms with Gasteiger partial charge < -0.3 is 9.13 Å². The molecule has 2 heteroatoms. The summed E-state index contributed by atoms with van der Waals surface area (Å²) in [6.07, 6.45) is 0. The molecule has 0 radical (unpaired) electrons. The van der Waals surface area contributed by atoms with Crippen molar-refractivity contribution in [2.75, 3.05) is 0 Å². The van der Waals surface area contributed by atoms with Gasteiger partial charge in [0.1, 0.15) is 0 Å². The van der Waals surface area contributed by atoms with Gasteiger partial charge in [-0.15, -0.1) is 0 Å². The quantitative estimate of drug-likeness (QED) is 0.152. The molecule has 0 aliphatic carbocycles. The van der Waals surface area contributed by atoms with Crippen molar-refractivity contribution in [3.63, 3.8) is 0 Å². The zero-order chi connectivity index (χ0) is 41.0. The number of aromatic nitrogens is 2. The first kappa shape index (κ1) is 35.7. The van der Waals surface area contributed by atoms with Crippen molar-refractivity contribution in [3.8, 4) is 67.0 Å². The predicted molar refractivity (Wildman–Crippen MR) is 262 cm³/mol. The van der Waals surface area contributed by atoms with E-state index in [4.69, 9.17) is 0 Å². The van der Waals surface area contributed by atoms with Crippen molar-refractivity contribution in [2.24, 2.45) is 0 Å². The third kappa shape index (κ3) is 6.12. The van der Waals surface area contributed by atoms with Gasteiger partial charge in [-0.2, -0.15) is 0 Å². The highest BCUT2D eigenvalue weighted by Gasteiger charge is 2.17. The SMILES string of the molecule is c1ccc(-c2cc(-c3cc(-c4ccccc4)cc(-c4ccc5c(c4)c4ccccc4n5-c4ccccc4)c3)cc(-c3ccc4c(c3)c3ccccc3n4-c3ccccc3)c2)cc1. The molecule has 2 heterocycles. The molecule has 0 spiro atoms. The molecule has 0 amide bonds. The van der Waals surface area contributed by atoms with E-state index in [-0.39, 0.29) is 0 Å². The van der Waals surface area contributed by atoms with E-state index in [0.29, 0.717) is 0 Å². The summed E-state index contributed by atoms with van der Waals surface area (Å²) in [4.78, 5) is 0. The summed E-state index contributed by atoms with van der Waals surface area (Å²) < 4.78 is 4.77. The lowest BCUT2D eigenvalue weighted by molar-refractivity contribution is 1.18. The van der Waals surface area contributed by atoms with Crippen molar-refractivity contribution >= 4 is 43.6 Å². The van der Waals surface area contributed by atoms with E-state index in [0.717, 1.165) is 11.4 Å². The van der Waals surface area contributed by atoms with Gasteiger partial charge in [0.25, 0.3) is 0 Å². The fourth-order valence-electron chi connectivity index (χ4n) is 9.53. The van der Waals surface area contributed by atoms with E-state index in [1.165, 1.54) is 99.2 Å². The highest BCUT2D eigenvalue weighted by molar-refractivity contribution is 6.12. The molecule has 0 aliphatic heterocycles. The molecule has 2 aromatic heterocycles. The van der Waals surface area contributed by atoms with Gasteiger partial charge in [-0.25, -0.2) is 0 Å². The number of para-hydroxylation sites is 4. The van der Waals surface area contributed by atoms with Crippen LogP contribution in [0, 0.1) is 0 Å². The zero-order valence-corrected chi connectivity index (χ0v) is 34.0. The van der Waals surface area contributed by atoms with E-state index in [9.17, 15) is 0 Å². The summed E-state index contributed by atoms with van der Waals surface area (Å²) in [5.74, 6) is 0. The second kappa shape index (κ2) is 14.8. The maximum absolute atomic E-state index is 2.39. The maximum atomic E-state index is 2.39. The van der Waals surface area contributed by atoms with Crippen molar-refractivity contribution in [1.29, 1.82) is 0 Å². The average molecular weight is 789 g/mol. The number of hydrogen-bond donors (Lipinski definition) is 0. The summed E-state index contributed by atoms with van der Waals surface area (Å²) >= 11 is 0. The highest BCUT2D eigenvalue weighted by Crippen LogP contribution is 2.41. The third-order valence-electron chi connectivity index (χ3n) is 12.5. The van der Waals surface area contributed by atoms with Gasteiger partial charge in [-0.1, -0.05) is 146 Å². The minimum absolute atomic E-state index is 1.16. The minimum atomic E-state index is 1.16. The molecule has 0 bridgehead atoms. The minimum Gasteiger partial charge on any atom is -0.309 e. The van der Waals surface area contributed by atoms with Gasteiger partial charge in [0.05, 0.1) is 22.1 Å². The molecule has 62 heavy (non-hydrogen) atoms. The van der Waals surface area contributed by atoms with Crippen molar-refractivity contribution < 1.29 is 0 Å². The van der Waals surface area contributed by atoms with Crippen molar-refractivity contribution in [3.05, 3.63) is 243 Å². The van der Waals surface area contributed by atoms with Crippen molar-refractivity contribution in [2.45, 2.75) is 0 Å². The Hall–Kier alpha value is -8.20. The number of fused-ring (bicyclic) bond motifs is 6. The Kier molecular flexibility index (Phi) is 8.53. The molecule has 12 aromatic rings. The van der Waals surface area contributed by atoms with E-state index in [2.05, 4.69) is 252 Å². The molecular formula is C60H40N2. The topological polar surface area (TPSA) is 9.86 Å². The number of hydrogen-bond acceptors (Lipinski definition) is 0. The van der Waals surface area contributed by atoms with Crippen LogP contribution in [0.3, 0.4) is 0 Å². The first-order valence-electron chi connectivity index (χ1n) is 21.3. The third-order valence-corrected chi connectivity index (χ3v) is 12.5. The van der Waals surface area contributed by atoms with E-state index < -0.39 is 0 Å². The monoisotopic (exact) mass is 788 g/mol. The zero-order valence-electron chi connectivity index (χ0n) is 34.0.